The molecule has 1 aliphatic heterocycles. The summed E-state index contributed by atoms with van der Waals surface area (Å²) in [5.41, 5.74) is 2.25. The van der Waals surface area contributed by atoms with E-state index in [0.29, 0.717) is 5.56 Å². The summed E-state index contributed by atoms with van der Waals surface area (Å²) in [4.78, 5) is 13.2. The molecule has 0 saturated heterocycles. The van der Waals surface area contributed by atoms with E-state index in [1.54, 1.807) is 12.1 Å². The number of fused-ring (bicyclic) bond motifs is 1. The van der Waals surface area contributed by atoms with Gasteiger partial charge in [0, 0.05) is 11.3 Å². The standard InChI is InChI=1S/C16H13NO3/c18-15-12-8-4-5-9-14(12)17(10-13(15)16(19)20)11-6-2-1-3-7-11/h1-9,18H,10H2,(H,19,20). The first-order valence-corrected chi connectivity index (χ1v) is 6.26. The average molecular weight is 267 g/mol. The molecule has 3 rings (SSSR count). The second kappa shape index (κ2) is 4.74. The minimum atomic E-state index is -1.10. The Bertz CT molecular complexity index is 692. The minimum absolute atomic E-state index is 0.00699. The summed E-state index contributed by atoms with van der Waals surface area (Å²) in [7, 11) is 0. The second-order valence-electron chi connectivity index (χ2n) is 4.57. The van der Waals surface area contributed by atoms with Gasteiger partial charge in [0.25, 0.3) is 0 Å². The molecule has 0 unspecified atom stereocenters. The van der Waals surface area contributed by atoms with Crippen LogP contribution in [0, 0.1) is 0 Å². The molecule has 100 valence electrons. The molecule has 2 aromatic carbocycles. The number of aliphatic hydroxyl groups is 1. The lowest BCUT2D eigenvalue weighted by molar-refractivity contribution is -0.132. The number of carboxylic acids is 1. The van der Waals surface area contributed by atoms with E-state index in [9.17, 15) is 15.0 Å². The number of carboxylic acid groups (broad SMARTS) is 1. The van der Waals surface area contributed by atoms with E-state index in [1.165, 1.54) is 0 Å². The molecular formula is C16H13NO3. The normalized spacial score (nSPS) is 14.1. The van der Waals surface area contributed by atoms with Gasteiger partial charge < -0.3 is 15.1 Å². The van der Waals surface area contributed by atoms with Crippen molar-refractivity contribution in [1.29, 1.82) is 0 Å². The van der Waals surface area contributed by atoms with Crippen LogP contribution in [0.15, 0.2) is 60.2 Å². The Morgan fingerprint density at radius 3 is 2.35 bits per heavy atom. The summed E-state index contributed by atoms with van der Waals surface area (Å²) >= 11 is 0. The zero-order valence-corrected chi connectivity index (χ0v) is 10.7. The fourth-order valence-corrected chi connectivity index (χ4v) is 2.40. The number of hydrogen-bond acceptors (Lipinski definition) is 3. The quantitative estimate of drug-likeness (QED) is 0.877. The molecule has 0 amide bonds. The van der Waals surface area contributed by atoms with Crippen LogP contribution in [0.25, 0.3) is 5.76 Å². The van der Waals surface area contributed by atoms with Crippen LogP contribution in [0.2, 0.25) is 0 Å². The summed E-state index contributed by atoms with van der Waals surface area (Å²) in [6, 6.07) is 16.8. The van der Waals surface area contributed by atoms with E-state index in [1.807, 2.05) is 47.4 Å². The zero-order chi connectivity index (χ0) is 14.1. The lowest BCUT2D eigenvalue weighted by atomic mass is 9.99. The third kappa shape index (κ3) is 1.91. The topological polar surface area (TPSA) is 60.8 Å². The number of rotatable bonds is 2. The summed E-state index contributed by atoms with van der Waals surface area (Å²) in [5.74, 6) is -1.25. The van der Waals surface area contributed by atoms with Crippen LogP contribution in [-0.2, 0) is 4.79 Å². The Morgan fingerprint density at radius 1 is 1.00 bits per heavy atom. The molecule has 2 N–H and O–H groups in total. The largest absolute Gasteiger partial charge is 0.507 e. The first-order valence-electron chi connectivity index (χ1n) is 6.26. The predicted molar refractivity (Wildman–Crippen MR) is 77.1 cm³/mol. The van der Waals surface area contributed by atoms with Crippen molar-refractivity contribution in [2.45, 2.75) is 0 Å². The van der Waals surface area contributed by atoms with E-state index in [0.717, 1.165) is 11.4 Å². The van der Waals surface area contributed by atoms with Crippen molar-refractivity contribution in [2.24, 2.45) is 0 Å². The molecule has 2 aromatic rings. The van der Waals surface area contributed by atoms with Crippen molar-refractivity contribution >= 4 is 23.1 Å². The number of aliphatic carboxylic acids is 1. The summed E-state index contributed by atoms with van der Waals surface area (Å²) in [5, 5.41) is 19.4. The van der Waals surface area contributed by atoms with Gasteiger partial charge in [0.2, 0.25) is 0 Å². The Kier molecular flexibility index (Phi) is 2.91. The van der Waals surface area contributed by atoms with Gasteiger partial charge in [-0.05, 0) is 24.3 Å². The van der Waals surface area contributed by atoms with Crippen LogP contribution >= 0.6 is 0 Å². The fraction of sp³-hybridized carbons (Fsp3) is 0.0625. The minimum Gasteiger partial charge on any atom is -0.507 e. The van der Waals surface area contributed by atoms with Crippen molar-refractivity contribution in [3.05, 3.63) is 65.7 Å². The van der Waals surface area contributed by atoms with Crippen LogP contribution in [0.5, 0.6) is 0 Å². The van der Waals surface area contributed by atoms with Crippen molar-refractivity contribution in [3.8, 4) is 0 Å². The highest BCUT2D eigenvalue weighted by molar-refractivity contribution is 6.00. The lowest BCUT2D eigenvalue weighted by Gasteiger charge is -2.31. The zero-order valence-electron chi connectivity index (χ0n) is 10.7. The molecule has 0 aromatic heterocycles. The molecule has 20 heavy (non-hydrogen) atoms. The first kappa shape index (κ1) is 12.3. The van der Waals surface area contributed by atoms with Gasteiger partial charge in [0.1, 0.15) is 5.76 Å². The van der Waals surface area contributed by atoms with Gasteiger partial charge in [0.05, 0.1) is 17.8 Å². The average Bonchev–Trinajstić information content (AvgIpc) is 2.48. The molecular weight excluding hydrogens is 254 g/mol. The maximum atomic E-state index is 11.3. The van der Waals surface area contributed by atoms with Gasteiger partial charge in [-0.15, -0.1) is 0 Å². The van der Waals surface area contributed by atoms with Gasteiger partial charge in [-0.1, -0.05) is 30.3 Å². The number of anilines is 2. The number of para-hydroxylation sites is 2. The molecule has 0 aliphatic carbocycles. The Labute approximate surface area is 116 Å². The lowest BCUT2D eigenvalue weighted by Crippen LogP contribution is -2.28. The van der Waals surface area contributed by atoms with Gasteiger partial charge in [-0.25, -0.2) is 4.79 Å². The van der Waals surface area contributed by atoms with Crippen LogP contribution in [0.1, 0.15) is 5.56 Å². The van der Waals surface area contributed by atoms with Gasteiger partial charge in [0.15, 0.2) is 0 Å². The predicted octanol–water partition coefficient (Wildman–Crippen LogP) is 3.19. The summed E-state index contributed by atoms with van der Waals surface area (Å²) < 4.78 is 0. The van der Waals surface area contributed by atoms with Crippen LogP contribution < -0.4 is 4.90 Å². The molecule has 0 atom stereocenters. The highest BCUT2D eigenvalue weighted by Gasteiger charge is 2.28. The summed E-state index contributed by atoms with van der Waals surface area (Å²) in [6.07, 6.45) is 0. The maximum absolute atomic E-state index is 11.3. The molecule has 1 heterocycles. The molecule has 0 bridgehead atoms. The third-order valence-corrected chi connectivity index (χ3v) is 3.38. The second-order valence-corrected chi connectivity index (χ2v) is 4.57. The first-order chi connectivity index (χ1) is 9.68. The van der Waals surface area contributed by atoms with Gasteiger partial charge in [-0.2, -0.15) is 0 Å². The van der Waals surface area contributed by atoms with Crippen molar-refractivity contribution in [1.82, 2.24) is 0 Å². The third-order valence-electron chi connectivity index (χ3n) is 3.38. The smallest absolute Gasteiger partial charge is 0.337 e. The SMILES string of the molecule is O=C(O)C1=C(O)c2ccccc2N(c2ccccc2)C1. The molecule has 0 spiro atoms. The Morgan fingerprint density at radius 2 is 1.65 bits per heavy atom. The molecule has 0 fully saturated rings. The molecule has 0 saturated carbocycles. The highest BCUT2D eigenvalue weighted by Crippen LogP contribution is 2.37. The Hall–Kier alpha value is -2.75. The summed E-state index contributed by atoms with van der Waals surface area (Å²) in [6.45, 7) is 0.141. The van der Waals surface area contributed by atoms with E-state index >= 15 is 0 Å². The highest BCUT2D eigenvalue weighted by atomic mass is 16.4. The number of hydrogen-bond donors (Lipinski definition) is 2. The number of aliphatic hydroxyl groups excluding tert-OH is 1. The van der Waals surface area contributed by atoms with E-state index < -0.39 is 5.97 Å². The van der Waals surface area contributed by atoms with Gasteiger partial charge >= 0.3 is 5.97 Å². The van der Waals surface area contributed by atoms with E-state index in [4.69, 9.17) is 0 Å². The van der Waals surface area contributed by atoms with Crippen LogP contribution in [0.4, 0.5) is 11.4 Å². The number of nitrogens with zero attached hydrogens (tertiary/aromatic N) is 1. The maximum Gasteiger partial charge on any atom is 0.337 e. The van der Waals surface area contributed by atoms with E-state index in [2.05, 4.69) is 0 Å². The van der Waals surface area contributed by atoms with Crippen LogP contribution in [0.3, 0.4) is 0 Å². The molecule has 4 nitrogen and oxygen atoms in total. The number of carbonyl (C=O) groups is 1. The fourth-order valence-electron chi connectivity index (χ4n) is 2.40. The van der Waals surface area contributed by atoms with Crippen molar-refractivity contribution in [3.63, 3.8) is 0 Å². The van der Waals surface area contributed by atoms with Crippen molar-refractivity contribution < 1.29 is 15.0 Å². The molecule has 0 radical (unpaired) electrons. The number of benzene rings is 2. The van der Waals surface area contributed by atoms with Gasteiger partial charge in [-0.3, -0.25) is 0 Å². The van der Waals surface area contributed by atoms with Crippen LogP contribution in [-0.4, -0.2) is 22.7 Å². The Balaban J connectivity index is 2.18. The van der Waals surface area contributed by atoms with Crippen molar-refractivity contribution in [2.75, 3.05) is 11.4 Å². The van der Waals surface area contributed by atoms with E-state index in [-0.39, 0.29) is 17.9 Å². The molecule has 4 heteroatoms. The monoisotopic (exact) mass is 267 g/mol. The molecule has 1 aliphatic rings.